The molecule has 3 rings (SSSR count). The van der Waals surface area contributed by atoms with E-state index in [2.05, 4.69) is 155 Å². The second-order valence-corrected chi connectivity index (χ2v) is 20.9. The summed E-state index contributed by atoms with van der Waals surface area (Å²) in [5.41, 5.74) is 3.47. The summed E-state index contributed by atoms with van der Waals surface area (Å²) in [6, 6.07) is 30.4. The SMILES string of the molecule is C.C.C.CC(C)(C)C.CC(C)(C)C.CC(C)(C)C.CC(C)(C)COc1ccccc1.CC(C)(C)Cc1ccccc1.CC(C)(C)Oc1ccccc1. The van der Waals surface area contributed by atoms with Crippen molar-refractivity contribution >= 4 is 0 Å². The summed E-state index contributed by atoms with van der Waals surface area (Å²) in [5.74, 6) is 1.88. The van der Waals surface area contributed by atoms with E-state index in [4.69, 9.17) is 9.47 Å². The maximum atomic E-state index is 5.60. The van der Waals surface area contributed by atoms with E-state index in [9.17, 15) is 0 Å². The maximum Gasteiger partial charge on any atom is 0.120 e. The molecule has 0 heterocycles. The first-order chi connectivity index (χ1) is 21.7. The third kappa shape index (κ3) is 72.8. The molecule has 306 valence electrons. The van der Waals surface area contributed by atoms with E-state index < -0.39 is 0 Å². The van der Waals surface area contributed by atoms with Crippen LogP contribution in [0.1, 0.15) is 173 Å². The topological polar surface area (TPSA) is 18.5 Å². The summed E-state index contributed by atoms with van der Waals surface area (Å²) in [6.07, 6.45) is 1.16. The summed E-state index contributed by atoms with van der Waals surface area (Å²) < 4.78 is 11.2. The highest BCUT2D eigenvalue weighted by molar-refractivity contribution is 5.22. The lowest BCUT2D eigenvalue weighted by Crippen LogP contribution is -2.22. The molecule has 0 aliphatic heterocycles. The van der Waals surface area contributed by atoms with Crippen molar-refractivity contribution in [2.24, 2.45) is 27.1 Å². The van der Waals surface area contributed by atoms with E-state index in [1.807, 2.05) is 81.4 Å². The molecule has 3 aromatic rings. The zero-order chi connectivity index (χ0) is 39.2. The van der Waals surface area contributed by atoms with Gasteiger partial charge in [0.05, 0.1) is 6.61 Å². The summed E-state index contributed by atoms with van der Waals surface area (Å²) in [5, 5.41) is 0. The van der Waals surface area contributed by atoms with Gasteiger partial charge in [-0.1, -0.05) is 214 Å². The Bertz CT molecular complexity index is 1040. The van der Waals surface area contributed by atoms with Gasteiger partial charge in [0.1, 0.15) is 17.1 Å². The zero-order valence-electron chi connectivity index (χ0n) is 36.4. The van der Waals surface area contributed by atoms with Crippen molar-refractivity contribution in [1.82, 2.24) is 0 Å². The fourth-order valence-corrected chi connectivity index (χ4v) is 2.87. The molecular formula is C50H94O2. The highest BCUT2D eigenvalue weighted by Gasteiger charge is 2.11. The minimum absolute atomic E-state index is 0. The molecule has 52 heavy (non-hydrogen) atoms. The van der Waals surface area contributed by atoms with Crippen LogP contribution in [0.4, 0.5) is 0 Å². The maximum absolute atomic E-state index is 5.60. The smallest absolute Gasteiger partial charge is 0.120 e. The third-order valence-electron chi connectivity index (χ3n) is 4.16. The Balaban J connectivity index is -0.000000126. The van der Waals surface area contributed by atoms with E-state index in [0.717, 1.165) is 24.5 Å². The number of rotatable bonds is 4. The fourth-order valence-electron chi connectivity index (χ4n) is 2.87. The van der Waals surface area contributed by atoms with Gasteiger partial charge in [-0.25, -0.2) is 0 Å². The highest BCUT2D eigenvalue weighted by atomic mass is 16.5. The van der Waals surface area contributed by atoms with Gasteiger partial charge in [-0.3, -0.25) is 0 Å². The van der Waals surface area contributed by atoms with Crippen LogP contribution in [0.15, 0.2) is 91.0 Å². The molecule has 3 aromatic carbocycles. The van der Waals surface area contributed by atoms with E-state index in [1.165, 1.54) is 5.56 Å². The van der Waals surface area contributed by atoms with Gasteiger partial charge in [0.2, 0.25) is 0 Å². The largest absolute Gasteiger partial charge is 0.493 e. The molecule has 0 N–H and O–H groups in total. The second-order valence-electron chi connectivity index (χ2n) is 20.9. The highest BCUT2D eigenvalue weighted by Crippen LogP contribution is 2.20. The lowest BCUT2D eigenvalue weighted by atomic mass is 9.88. The Labute approximate surface area is 329 Å². The van der Waals surface area contributed by atoms with Crippen LogP contribution >= 0.6 is 0 Å². The summed E-state index contributed by atoms with van der Waals surface area (Å²) in [4.78, 5) is 0. The molecule has 2 heteroatoms. The van der Waals surface area contributed by atoms with Crippen molar-refractivity contribution in [2.45, 2.75) is 180 Å². The molecule has 0 spiro atoms. The minimum Gasteiger partial charge on any atom is -0.493 e. The average molecular weight is 727 g/mol. The lowest BCUT2D eigenvalue weighted by molar-refractivity contribution is 0.131. The second kappa shape index (κ2) is 28.7. The minimum atomic E-state index is -0.0959. The van der Waals surface area contributed by atoms with E-state index in [-0.39, 0.29) is 33.3 Å². The van der Waals surface area contributed by atoms with Crippen LogP contribution < -0.4 is 9.47 Å². The van der Waals surface area contributed by atoms with Crippen molar-refractivity contribution < 1.29 is 9.47 Å². The van der Waals surface area contributed by atoms with Gasteiger partial charge in [0.25, 0.3) is 0 Å². The van der Waals surface area contributed by atoms with Crippen molar-refractivity contribution in [2.75, 3.05) is 6.61 Å². The van der Waals surface area contributed by atoms with Gasteiger partial charge < -0.3 is 9.47 Å². The molecule has 0 bridgehead atoms. The molecule has 0 unspecified atom stereocenters. The predicted octanol–water partition coefficient (Wildman–Crippen LogP) is 17.3. The first-order valence-corrected chi connectivity index (χ1v) is 18.2. The average Bonchev–Trinajstić information content (AvgIpc) is 2.85. The number of ether oxygens (including phenoxy) is 2. The summed E-state index contributed by atoms with van der Waals surface area (Å²) in [7, 11) is 0. The number of hydrogen-bond acceptors (Lipinski definition) is 2. The van der Waals surface area contributed by atoms with Crippen LogP contribution in [0.2, 0.25) is 0 Å². The number of para-hydroxylation sites is 2. The Morgan fingerprint density at radius 1 is 0.365 bits per heavy atom. The zero-order valence-corrected chi connectivity index (χ0v) is 36.4. The van der Waals surface area contributed by atoms with Crippen LogP contribution in [0.5, 0.6) is 11.5 Å². The van der Waals surface area contributed by atoms with E-state index >= 15 is 0 Å². The monoisotopic (exact) mass is 727 g/mol. The standard InChI is InChI=1S/C11H16O.C11H16.C10H14O.3C5H12.3CH4/c1-11(2,3)9-12-10-7-5-4-6-8-10;1-11(2,3)9-10-7-5-4-6-8-10;1-10(2,3)11-9-7-5-4-6-8-9;3*1-5(2,3)4;;;/h4-8H,9H2,1-3H3;4-8H,9H2,1-3H3;4-8H,1-3H3;3*1-4H3;3*1H4. The van der Waals surface area contributed by atoms with Crippen molar-refractivity contribution in [3.8, 4) is 11.5 Å². The van der Waals surface area contributed by atoms with Crippen molar-refractivity contribution in [3.05, 3.63) is 96.6 Å². The quantitative estimate of drug-likeness (QED) is 0.266. The van der Waals surface area contributed by atoms with E-state index in [1.54, 1.807) is 0 Å². The van der Waals surface area contributed by atoms with Crippen LogP contribution in [0.25, 0.3) is 0 Å². The Kier molecular flexibility index (Phi) is 33.9. The Hall–Kier alpha value is -2.74. The van der Waals surface area contributed by atoms with Crippen LogP contribution in [-0.2, 0) is 6.42 Å². The molecule has 0 atom stereocenters. The van der Waals surface area contributed by atoms with Crippen LogP contribution in [-0.4, -0.2) is 12.2 Å². The molecule has 0 amide bonds. The van der Waals surface area contributed by atoms with Gasteiger partial charge >= 0.3 is 0 Å². The van der Waals surface area contributed by atoms with Crippen LogP contribution in [0.3, 0.4) is 0 Å². The predicted molar refractivity (Wildman–Crippen MR) is 243 cm³/mol. The molecule has 0 aliphatic rings. The molecule has 0 saturated carbocycles. The molecule has 0 aromatic heterocycles. The number of benzene rings is 3. The van der Waals surface area contributed by atoms with Gasteiger partial charge in [-0.2, -0.15) is 0 Å². The molecule has 2 nitrogen and oxygen atoms in total. The first kappa shape index (κ1) is 61.3. The molecular weight excluding hydrogens is 633 g/mol. The fraction of sp³-hybridized carbons (Fsp3) is 0.640. The third-order valence-corrected chi connectivity index (χ3v) is 4.16. The van der Waals surface area contributed by atoms with Gasteiger partial charge in [0.15, 0.2) is 0 Å². The van der Waals surface area contributed by atoms with Gasteiger partial charge in [-0.15, -0.1) is 0 Å². The summed E-state index contributed by atoms with van der Waals surface area (Å²) >= 11 is 0. The Morgan fingerprint density at radius 2 is 0.635 bits per heavy atom. The van der Waals surface area contributed by atoms with Crippen molar-refractivity contribution in [1.29, 1.82) is 0 Å². The molecule has 0 saturated heterocycles. The first-order valence-electron chi connectivity index (χ1n) is 18.2. The summed E-state index contributed by atoms with van der Waals surface area (Å²) in [6.45, 7) is 46.4. The molecule has 0 radical (unpaired) electrons. The van der Waals surface area contributed by atoms with Gasteiger partial charge in [0, 0.05) is 0 Å². The van der Waals surface area contributed by atoms with E-state index in [0.29, 0.717) is 21.7 Å². The molecule has 0 fully saturated rings. The van der Waals surface area contributed by atoms with Crippen LogP contribution in [0, 0.1) is 27.1 Å². The number of hydrogen-bond donors (Lipinski definition) is 0. The van der Waals surface area contributed by atoms with Gasteiger partial charge in [-0.05, 0) is 84.1 Å². The Morgan fingerprint density at radius 3 is 0.885 bits per heavy atom. The molecule has 0 aliphatic carbocycles. The normalized spacial score (nSPS) is 10.9. The van der Waals surface area contributed by atoms with Crippen molar-refractivity contribution in [3.63, 3.8) is 0 Å². The lowest BCUT2D eigenvalue weighted by Gasteiger charge is -2.20.